The fourth-order valence-electron chi connectivity index (χ4n) is 3.58. The van der Waals surface area contributed by atoms with E-state index in [0.29, 0.717) is 5.41 Å². The van der Waals surface area contributed by atoms with Crippen LogP contribution in [0, 0.1) is 25.2 Å². The van der Waals surface area contributed by atoms with Crippen molar-refractivity contribution in [2.24, 2.45) is 11.3 Å². The van der Waals surface area contributed by atoms with E-state index in [1.165, 1.54) is 42.7 Å². The molecule has 2 rings (SSSR count). The van der Waals surface area contributed by atoms with Crippen molar-refractivity contribution in [3.63, 3.8) is 0 Å². The molecule has 112 valence electrons. The first-order valence-electron chi connectivity index (χ1n) is 7.89. The van der Waals surface area contributed by atoms with Crippen molar-refractivity contribution >= 4 is 5.69 Å². The van der Waals surface area contributed by atoms with Crippen molar-refractivity contribution in [3.8, 4) is 0 Å². The van der Waals surface area contributed by atoms with Crippen LogP contribution < -0.4 is 10.2 Å². The van der Waals surface area contributed by atoms with Crippen LogP contribution in [-0.2, 0) is 0 Å². The normalized spacial score (nSPS) is 19.9. The van der Waals surface area contributed by atoms with Gasteiger partial charge in [0.05, 0.1) is 0 Å². The molecule has 1 aromatic carbocycles. The Morgan fingerprint density at radius 1 is 1.30 bits per heavy atom. The van der Waals surface area contributed by atoms with Crippen LogP contribution in [-0.4, -0.2) is 26.7 Å². The second kappa shape index (κ2) is 6.17. The molecule has 1 heterocycles. The molecular formula is C18H30N2. The van der Waals surface area contributed by atoms with Gasteiger partial charge >= 0.3 is 0 Å². The molecule has 0 bridgehead atoms. The molecule has 1 aromatic rings. The third kappa shape index (κ3) is 3.54. The van der Waals surface area contributed by atoms with Crippen LogP contribution >= 0.6 is 0 Å². The predicted molar refractivity (Wildman–Crippen MR) is 88.6 cm³/mol. The summed E-state index contributed by atoms with van der Waals surface area (Å²) in [4.78, 5) is 2.43. The third-order valence-electron chi connectivity index (χ3n) is 4.81. The Hall–Kier alpha value is -1.02. The standard InChI is InChI=1S/C18H30N2/c1-14-8-9-17(15(2)11-14)20(5)13-18(3,4)16-7-6-10-19-12-16/h8-9,11,16,19H,6-7,10,12-13H2,1-5H3. The molecule has 0 aliphatic carbocycles. The van der Waals surface area contributed by atoms with Gasteiger partial charge in [-0.2, -0.15) is 0 Å². The van der Waals surface area contributed by atoms with Crippen molar-refractivity contribution in [3.05, 3.63) is 29.3 Å². The van der Waals surface area contributed by atoms with Gasteiger partial charge in [0.2, 0.25) is 0 Å². The van der Waals surface area contributed by atoms with Gasteiger partial charge in [0.1, 0.15) is 0 Å². The number of anilines is 1. The van der Waals surface area contributed by atoms with Crippen LogP contribution in [0.25, 0.3) is 0 Å². The number of aryl methyl sites for hydroxylation is 2. The minimum Gasteiger partial charge on any atom is -0.374 e. The van der Waals surface area contributed by atoms with E-state index in [4.69, 9.17) is 0 Å². The zero-order valence-electron chi connectivity index (χ0n) is 13.8. The van der Waals surface area contributed by atoms with E-state index in [1.807, 2.05) is 0 Å². The summed E-state index contributed by atoms with van der Waals surface area (Å²) in [6.07, 6.45) is 2.68. The summed E-state index contributed by atoms with van der Waals surface area (Å²) >= 11 is 0. The first kappa shape index (κ1) is 15.4. The van der Waals surface area contributed by atoms with Crippen LogP contribution in [0.2, 0.25) is 0 Å². The molecule has 2 heteroatoms. The molecule has 1 aliphatic rings. The number of benzene rings is 1. The Kier molecular flexibility index (Phi) is 4.74. The van der Waals surface area contributed by atoms with E-state index in [-0.39, 0.29) is 0 Å². The highest BCUT2D eigenvalue weighted by Gasteiger charge is 2.31. The number of nitrogens with zero attached hydrogens (tertiary/aromatic N) is 1. The molecule has 1 N–H and O–H groups in total. The topological polar surface area (TPSA) is 15.3 Å². The molecule has 1 unspecified atom stereocenters. The molecule has 0 amide bonds. The highest BCUT2D eigenvalue weighted by Crippen LogP contribution is 2.34. The van der Waals surface area contributed by atoms with E-state index in [9.17, 15) is 0 Å². The van der Waals surface area contributed by atoms with Gasteiger partial charge in [-0.1, -0.05) is 31.5 Å². The first-order valence-corrected chi connectivity index (χ1v) is 7.89. The van der Waals surface area contributed by atoms with Crippen LogP contribution in [0.1, 0.15) is 37.8 Å². The van der Waals surface area contributed by atoms with Crippen molar-refractivity contribution in [2.75, 3.05) is 31.6 Å². The van der Waals surface area contributed by atoms with E-state index >= 15 is 0 Å². The molecule has 20 heavy (non-hydrogen) atoms. The lowest BCUT2D eigenvalue weighted by molar-refractivity contribution is 0.178. The first-order chi connectivity index (χ1) is 9.40. The summed E-state index contributed by atoms with van der Waals surface area (Å²) in [7, 11) is 2.23. The molecule has 1 atom stereocenters. The average Bonchev–Trinajstić information content (AvgIpc) is 2.39. The van der Waals surface area contributed by atoms with Crippen molar-refractivity contribution < 1.29 is 0 Å². The molecule has 0 spiro atoms. The fourth-order valence-corrected chi connectivity index (χ4v) is 3.58. The number of rotatable bonds is 4. The van der Waals surface area contributed by atoms with Crippen molar-refractivity contribution in [2.45, 2.75) is 40.5 Å². The zero-order valence-corrected chi connectivity index (χ0v) is 13.8. The Bertz CT molecular complexity index is 445. The second-order valence-corrected chi connectivity index (χ2v) is 7.18. The van der Waals surface area contributed by atoms with Gasteiger partial charge in [-0.05, 0) is 62.7 Å². The predicted octanol–water partition coefficient (Wildman–Crippen LogP) is 3.77. The number of hydrogen-bond donors (Lipinski definition) is 1. The maximum atomic E-state index is 3.55. The monoisotopic (exact) mass is 274 g/mol. The van der Waals surface area contributed by atoms with E-state index < -0.39 is 0 Å². The van der Waals surface area contributed by atoms with Crippen LogP contribution in [0.3, 0.4) is 0 Å². The largest absolute Gasteiger partial charge is 0.374 e. The molecule has 1 saturated heterocycles. The molecule has 2 nitrogen and oxygen atoms in total. The van der Waals surface area contributed by atoms with Gasteiger partial charge in [-0.25, -0.2) is 0 Å². The Morgan fingerprint density at radius 3 is 2.65 bits per heavy atom. The molecule has 1 aliphatic heterocycles. The summed E-state index contributed by atoms with van der Waals surface area (Å²) in [5.41, 5.74) is 4.44. The highest BCUT2D eigenvalue weighted by atomic mass is 15.1. The lowest BCUT2D eigenvalue weighted by Crippen LogP contribution is -2.44. The third-order valence-corrected chi connectivity index (χ3v) is 4.81. The summed E-state index contributed by atoms with van der Waals surface area (Å²) in [5.74, 6) is 0.782. The molecule has 1 fully saturated rings. The lowest BCUT2D eigenvalue weighted by atomic mass is 9.74. The maximum Gasteiger partial charge on any atom is 0.0393 e. The van der Waals surface area contributed by atoms with Gasteiger partial charge in [0.15, 0.2) is 0 Å². The van der Waals surface area contributed by atoms with Crippen LogP contribution in [0.5, 0.6) is 0 Å². The van der Waals surface area contributed by atoms with Crippen molar-refractivity contribution in [1.82, 2.24) is 5.32 Å². The SMILES string of the molecule is Cc1ccc(N(C)CC(C)(C)C2CCCNC2)c(C)c1. The zero-order chi connectivity index (χ0) is 14.8. The highest BCUT2D eigenvalue weighted by molar-refractivity contribution is 5.53. The van der Waals surface area contributed by atoms with Gasteiger partial charge in [-0.15, -0.1) is 0 Å². The lowest BCUT2D eigenvalue weighted by Gasteiger charge is -2.40. The van der Waals surface area contributed by atoms with E-state index in [2.05, 4.69) is 63.2 Å². The van der Waals surface area contributed by atoms with Crippen LogP contribution in [0.4, 0.5) is 5.69 Å². The minimum absolute atomic E-state index is 0.347. The number of hydrogen-bond acceptors (Lipinski definition) is 2. The van der Waals surface area contributed by atoms with Crippen molar-refractivity contribution in [1.29, 1.82) is 0 Å². The quantitative estimate of drug-likeness (QED) is 0.899. The average molecular weight is 274 g/mol. The molecule has 0 saturated carbocycles. The van der Waals surface area contributed by atoms with Gasteiger partial charge in [-0.3, -0.25) is 0 Å². The van der Waals surface area contributed by atoms with Gasteiger partial charge in [0, 0.05) is 19.3 Å². The fraction of sp³-hybridized carbons (Fsp3) is 0.667. The Morgan fingerprint density at radius 2 is 2.05 bits per heavy atom. The van der Waals surface area contributed by atoms with E-state index in [1.54, 1.807) is 0 Å². The second-order valence-electron chi connectivity index (χ2n) is 7.18. The number of nitrogens with one attached hydrogen (secondary N) is 1. The molecular weight excluding hydrogens is 244 g/mol. The summed E-state index contributed by atoms with van der Waals surface area (Å²) < 4.78 is 0. The molecule has 0 radical (unpaired) electrons. The van der Waals surface area contributed by atoms with E-state index in [0.717, 1.165) is 12.5 Å². The smallest absolute Gasteiger partial charge is 0.0393 e. The maximum absolute atomic E-state index is 3.55. The minimum atomic E-state index is 0.347. The Labute approximate surface area is 124 Å². The summed E-state index contributed by atoms with van der Waals surface area (Å²) in [6, 6.07) is 6.76. The number of piperidine rings is 1. The Balaban J connectivity index is 2.07. The summed E-state index contributed by atoms with van der Waals surface area (Å²) in [5, 5.41) is 3.55. The molecule has 0 aromatic heterocycles. The van der Waals surface area contributed by atoms with Crippen LogP contribution in [0.15, 0.2) is 18.2 Å². The van der Waals surface area contributed by atoms with Gasteiger partial charge in [0.25, 0.3) is 0 Å². The summed E-state index contributed by atoms with van der Waals surface area (Å²) in [6.45, 7) is 12.7. The van der Waals surface area contributed by atoms with Gasteiger partial charge < -0.3 is 10.2 Å².